The van der Waals surface area contributed by atoms with Crippen LogP contribution >= 0.6 is 12.4 Å². The molecule has 8 nitrogen and oxygen atoms in total. The molecule has 1 aromatic carbocycles. The molecule has 1 saturated heterocycles. The van der Waals surface area contributed by atoms with Gasteiger partial charge in [-0.3, -0.25) is 24.6 Å². The van der Waals surface area contributed by atoms with Crippen molar-refractivity contribution >= 4 is 35.7 Å². The lowest BCUT2D eigenvalue weighted by Gasteiger charge is -2.25. The summed E-state index contributed by atoms with van der Waals surface area (Å²) in [6.45, 7) is 2.68. The Balaban J connectivity index is 0.00000288. The van der Waals surface area contributed by atoms with Crippen LogP contribution in [0.5, 0.6) is 0 Å². The Bertz CT molecular complexity index is 625. The van der Waals surface area contributed by atoms with E-state index in [1.807, 2.05) is 6.92 Å². The van der Waals surface area contributed by atoms with Crippen molar-refractivity contribution < 1.29 is 19.6 Å². The van der Waals surface area contributed by atoms with E-state index in [0.29, 0.717) is 25.2 Å². The van der Waals surface area contributed by atoms with E-state index in [0.717, 1.165) is 6.42 Å². The predicted octanol–water partition coefficient (Wildman–Crippen LogP) is 1.92. The molecule has 24 heavy (non-hydrogen) atoms. The topological polar surface area (TPSA) is 104 Å². The van der Waals surface area contributed by atoms with E-state index >= 15 is 0 Å². The Morgan fingerprint density at radius 3 is 2.79 bits per heavy atom. The third kappa shape index (κ3) is 4.42. The second kappa shape index (κ2) is 8.60. The van der Waals surface area contributed by atoms with E-state index in [4.69, 9.17) is 5.11 Å². The Morgan fingerprint density at radius 1 is 1.50 bits per heavy atom. The minimum atomic E-state index is -0.972. The molecule has 2 rings (SSSR count). The highest BCUT2D eigenvalue weighted by Gasteiger charge is 2.37. The first-order valence-corrected chi connectivity index (χ1v) is 7.45. The lowest BCUT2D eigenvalue weighted by molar-refractivity contribution is -0.384. The van der Waals surface area contributed by atoms with Gasteiger partial charge in [0, 0.05) is 18.7 Å². The number of benzene rings is 1. The fourth-order valence-corrected chi connectivity index (χ4v) is 2.84. The van der Waals surface area contributed by atoms with Gasteiger partial charge in [-0.15, -0.1) is 12.4 Å². The van der Waals surface area contributed by atoms with Gasteiger partial charge in [0.25, 0.3) is 5.69 Å². The fourth-order valence-electron chi connectivity index (χ4n) is 2.84. The first-order chi connectivity index (χ1) is 10.9. The number of nitrogens with zero attached hydrogens (tertiary/aromatic N) is 3. The minimum Gasteiger partial charge on any atom is -0.480 e. The number of carboxylic acid groups (broad SMARTS) is 1. The number of halogens is 1. The molecule has 1 aliphatic heterocycles. The summed E-state index contributed by atoms with van der Waals surface area (Å²) in [5, 5.41) is 19.9. The van der Waals surface area contributed by atoms with Crippen LogP contribution in [0.3, 0.4) is 0 Å². The van der Waals surface area contributed by atoms with E-state index < -0.39 is 16.9 Å². The van der Waals surface area contributed by atoms with E-state index in [1.165, 1.54) is 23.1 Å². The summed E-state index contributed by atoms with van der Waals surface area (Å²) in [4.78, 5) is 37.1. The summed E-state index contributed by atoms with van der Waals surface area (Å²) in [6.07, 6.45) is 1.25. The molecule has 1 amide bonds. The lowest BCUT2D eigenvalue weighted by Crippen LogP contribution is -2.44. The molecule has 1 aliphatic rings. The van der Waals surface area contributed by atoms with Gasteiger partial charge in [0.2, 0.25) is 5.91 Å². The van der Waals surface area contributed by atoms with Crippen LogP contribution in [0.15, 0.2) is 24.3 Å². The van der Waals surface area contributed by atoms with Gasteiger partial charge in [0.05, 0.1) is 23.2 Å². The van der Waals surface area contributed by atoms with Gasteiger partial charge in [-0.05, 0) is 25.5 Å². The van der Waals surface area contributed by atoms with Gasteiger partial charge in [0.1, 0.15) is 0 Å². The van der Waals surface area contributed by atoms with Crippen LogP contribution in [0, 0.1) is 10.1 Å². The molecular formula is C15H20ClN3O5. The smallest absolute Gasteiger partial charge is 0.317 e. The highest BCUT2D eigenvalue weighted by atomic mass is 35.5. The maximum absolute atomic E-state index is 12.6. The summed E-state index contributed by atoms with van der Waals surface area (Å²) >= 11 is 0. The van der Waals surface area contributed by atoms with Crippen LogP contribution in [0.1, 0.15) is 19.8 Å². The maximum Gasteiger partial charge on any atom is 0.317 e. The average molecular weight is 358 g/mol. The Labute approximate surface area is 145 Å². The van der Waals surface area contributed by atoms with Crippen molar-refractivity contribution in [3.8, 4) is 0 Å². The molecule has 0 aromatic heterocycles. The number of non-ortho nitro benzene ring substituents is 1. The number of hydrogen-bond donors (Lipinski definition) is 1. The Hall–Kier alpha value is -2.19. The summed E-state index contributed by atoms with van der Waals surface area (Å²) in [5.41, 5.74) is 0.396. The SMILES string of the molecule is CCCN(CC(=O)O)C1CCN(c2cccc([N+](=O)[O-])c2)C1=O.Cl. The number of rotatable bonds is 7. The summed E-state index contributed by atoms with van der Waals surface area (Å²) < 4.78 is 0. The van der Waals surface area contributed by atoms with Gasteiger partial charge in [0.15, 0.2) is 0 Å². The van der Waals surface area contributed by atoms with Crippen LogP contribution in [-0.2, 0) is 9.59 Å². The first kappa shape index (κ1) is 19.9. The number of carboxylic acids is 1. The van der Waals surface area contributed by atoms with Crippen molar-refractivity contribution in [1.29, 1.82) is 0 Å². The minimum absolute atomic E-state index is 0. The molecule has 0 aliphatic carbocycles. The third-order valence-electron chi connectivity index (χ3n) is 3.82. The highest BCUT2D eigenvalue weighted by molar-refractivity contribution is 5.99. The van der Waals surface area contributed by atoms with E-state index in [2.05, 4.69) is 0 Å². The van der Waals surface area contributed by atoms with Crippen molar-refractivity contribution in [3.63, 3.8) is 0 Å². The van der Waals surface area contributed by atoms with Crippen molar-refractivity contribution in [1.82, 2.24) is 4.90 Å². The van der Waals surface area contributed by atoms with Crippen LogP contribution in [-0.4, -0.2) is 52.5 Å². The van der Waals surface area contributed by atoms with Gasteiger partial charge in [-0.2, -0.15) is 0 Å². The zero-order valence-electron chi connectivity index (χ0n) is 13.3. The van der Waals surface area contributed by atoms with Gasteiger partial charge in [-0.1, -0.05) is 13.0 Å². The lowest BCUT2D eigenvalue weighted by atomic mass is 10.2. The molecule has 1 unspecified atom stereocenters. The maximum atomic E-state index is 12.6. The number of nitro benzene ring substituents is 1. The second-order valence-corrected chi connectivity index (χ2v) is 5.44. The second-order valence-electron chi connectivity index (χ2n) is 5.44. The molecule has 0 bridgehead atoms. The van der Waals surface area contributed by atoms with E-state index in [9.17, 15) is 19.7 Å². The zero-order valence-corrected chi connectivity index (χ0v) is 14.1. The molecule has 0 spiro atoms. The number of anilines is 1. The molecular weight excluding hydrogens is 338 g/mol. The molecule has 0 saturated carbocycles. The molecule has 1 aromatic rings. The Morgan fingerprint density at radius 2 is 2.21 bits per heavy atom. The average Bonchev–Trinajstić information content (AvgIpc) is 2.88. The molecule has 9 heteroatoms. The predicted molar refractivity (Wildman–Crippen MR) is 90.6 cm³/mol. The summed E-state index contributed by atoms with van der Waals surface area (Å²) in [5.74, 6) is -1.18. The number of amides is 1. The number of aliphatic carboxylic acids is 1. The van der Waals surface area contributed by atoms with Crippen molar-refractivity contribution in [3.05, 3.63) is 34.4 Å². The number of hydrogen-bond acceptors (Lipinski definition) is 5. The zero-order chi connectivity index (χ0) is 17.0. The molecule has 132 valence electrons. The van der Waals surface area contributed by atoms with Crippen molar-refractivity contribution in [2.24, 2.45) is 0 Å². The molecule has 1 atom stereocenters. The van der Waals surface area contributed by atoms with Gasteiger partial charge >= 0.3 is 5.97 Å². The Kier molecular flexibility index (Phi) is 7.12. The summed E-state index contributed by atoms with van der Waals surface area (Å²) in [6, 6.07) is 5.42. The number of carbonyl (C=O) groups is 2. The van der Waals surface area contributed by atoms with Crippen LogP contribution in [0.25, 0.3) is 0 Å². The quantitative estimate of drug-likeness (QED) is 0.590. The van der Waals surface area contributed by atoms with E-state index in [-0.39, 0.29) is 30.5 Å². The van der Waals surface area contributed by atoms with Gasteiger partial charge in [-0.25, -0.2) is 0 Å². The normalized spacial score (nSPS) is 17.0. The van der Waals surface area contributed by atoms with E-state index in [1.54, 1.807) is 11.0 Å². The van der Waals surface area contributed by atoms with Crippen molar-refractivity contribution in [2.75, 3.05) is 24.5 Å². The molecule has 1 N–H and O–H groups in total. The number of carbonyl (C=O) groups excluding carboxylic acids is 1. The molecule has 1 heterocycles. The molecule has 0 radical (unpaired) electrons. The van der Waals surface area contributed by atoms with Gasteiger partial charge < -0.3 is 10.0 Å². The highest BCUT2D eigenvalue weighted by Crippen LogP contribution is 2.27. The van der Waals surface area contributed by atoms with Crippen LogP contribution < -0.4 is 4.90 Å². The monoisotopic (exact) mass is 357 g/mol. The third-order valence-corrected chi connectivity index (χ3v) is 3.82. The van der Waals surface area contributed by atoms with Crippen LogP contribution in [0.2, 0.25) is 0 Å². The van der Waals surface area contributed by atoms with Crippen molar-refractivity contribution in [2.45, 2.75) is 25.8 Å². The largest absolute Gasteiger partial charge is 0.480 e. The first-order valence-electron chi connectivity index (χ1n) is 7.45. The standard InChI is InChI=1S/C15H19N3O5.ClH/c1-2-7-16(10-14(19)20)13-6-8-17(15(13)21)11-4-3-5-12(9-11)18(22)23;/h3-5,9,13H,2,6-8,10H2,1H3,(H,19,20);1H. The molecule has 1 fully saturated rings. The summed E-state index contributed by atoms with van der Waals surface area (Å²) in [7, 11) is 0. The van der Waals surface area contributed by atoms with Crippen LogP contribution in [0.4, 0.5) is 11.4 Å². The fraction of sp³-hybridized carbons (Fsp3) is 0.467. The number of nitro groups is 1.